The van der Waals surface area contributed by atoms with Crippen molar-refractivity contribution in [2.45, 2.75) is 13.3 Å². The van der Waals surface area contributed by atoms with E-state index in [1.54, 1.807) is 0 Å². The molecule has 2 aromatic rings. The molecular formula is C12H14N2O3S. The number of likely N-dealkylation sites (N-methyl/N-ethyl adjacent to an activating group) is 1. The first-order chi connectivity index (χ1) is 8.56. The fourth-order valence-corrected chi connectivity index (χ4v) is 2.28. The molecule has 18 heavy (non-hydrogen) atoms. The lowest BCUT2D eigenvalue weighted by molar-refractivity contribution is 0.0702. The summed E-state index contributed by atoms with van der Waals surface area (Å²) in [6.07, 6.45) is 2.15. The molecule has 0 radical (unpaired) electrons. The predicted octanol–water partition coefficient (Wildman–Crippen LogP) is 2.42. The van der Waals surface area contributed by atoms with Gasteiger partial charge in [-0.05, 0) is 19.1 Å². The number of aromatic carboxylic acids is 1. The lowest BCUT2D eigenvalue weighted by Gasteiger charge is -2.14. The molecular weight excluding hydrogens is 252 g/mol. The summed E-state index contributed by atoms with van der Waals surface area (Å²) in [6, 6.07) is 3.88. The molecule has 96 valence electrons. The van der Waals surface area contributed by atoms with Crippen LogP contribution >= 0.6 is 11.3 Å². The Morgan fingerprint density at radius 3 is 2.89 bits per heavy atom. The Kier molecular flexibility index (Phi) is 3.66. The van der Waals surface area contributed by atoms with E-state index in [2.05, 4.69) is 4.98 Å². The highest BCUT2D eigenvalue weighted by Crippen LogP contribution is 2.21. The lowest BCUT2D eigenvalue weighted by Crippen LogP contribution is -2.19. The Hall–Kier alpha value is -1.82. The van der Waals surface area contributed by atoms with E-state index in [0.717, 1.165) is 24.5 Å². The van der Waals surface area contributed by atoms with E-state index in [9.17, 15) is 4.79 Å². The third-order valence-electron chi connectivity index (χ3n) is 2.52. The van der Waals surface area contributed by atoms with E-state index in [-0.39, 0.29) is 4.88 Å². The fourth-order valence-electron chi connectivity index (χ4n) is 1.53. The summed E-state index contributed by atoms with van der Waals surface area (Å²) in [5.41, 5.74) is 0. The van der Waals surface area contributed by atoms with Gasteiger partial charge in [0.15, 0.2) is 5.13 Å². The minimum absolute atomic E-state index is 0.255. The van der Waals surface area contributed by atoms with Crippen molar-refractivity contribution in [1.82, 2.24) is 4.98 Å². The molecule has 0 bridgehead atoms. The summed E-state index contributed by atoms with van der Waals surface area (Å²) >= 11 is 1.17. The molecule has 5 nitrogen and oxygen atoms in total. The number of thiazole rings is 1. The van der Waals surface area contributed by atoms with Crippen molar-refractivity contribution < 1.29 is 14.3 Å². The second kappa shape index (κ2) is 5.22. The zero-order valence-corrected chi connectivity index (χ0v) is 11.0. The van der Waals surface area contributed by atoms with Gasteiger partial charge in [-0.1, -0.05) is 11.3 Å². The SMILES string of the molecule is Cc1ccc(CCN(C)c2ncc(C(=O)O)s2)o1. The van der Waals surface area contributed by atoms with Gasteiger partial charge in [-0.2, -0.15) is 0 Å². The van der Waals surface area contributed by atoms with Crippen molar-refractivity contribution in [2.75, 3.05) is 18.5 Å². The zero-order chi connectivity index (χ0) is 13.1. The van der Waals surface area contributed by atoms with Gasteiger partial charge in [0.1, 0.15) is 16.4 Å². The largest absolute Gasteiger partial charge is 0.477 e. The van der Waals surface area contributed by atoms with Gasteiger partial charge in [0.25, 0.3) is 0 Å². The van der Waals surface area contributed by atoms with Crippen LogP contribution in [0, 0.1) is 6.92 Å². The van der Waals surface area contributed by atoms with E-state index in [0.29, 0.717) is 5.13 Å². The van der Waals surface area contributed by atoms with Gasteiger partial charge in [-0.25, -0.2) is 9.78 Å². The minimum atomic E-state index is -0.936. The molecule has 0 spiro atoms. The van der Waals surface area contributed by atoms with E-state index < -0.39 is 5.97 Å². The van der Waals surface area contributed by atoms with Crippen molar-refractivity contribution in [3.63, 3.8) is 0 Å². The quantitative estimate of drug-likeness (QED) is 0.900. The number of hydrogen-bond acceptors (Lipinski definition) is 5. The molecule has 0 aliphatic carbocycles. The molecule has 1 N–H and O–H groups in total. The third-order valence-corrected chi connectivity index (χ3v) is 3.62. The van der Waals surface area contributed by atoms with Gasteiger partial charge in [-0.3, -0.25) is 0 Å². The van der Waals surface area contributed by atoms with Crippen molar-refractivity contribution in [3.8, 4) is 0 Å². The second-order valence-corrected chi connectivity index (χ2v) is 5.01. The Morgan fingerprint density at radius 1 is 1.56 bits per heavy atom. The molecule has 2 heterocycles. The summed E-state index contributed by atoms with van der Waals surface area (Å²) in [7, 11) is 1.89. The van der Waals surface area contributed by atoms with Gasteiger partial charge in [0.05, 0.1) is 6.20 Å². The summed E-state index contributed by atoms with van der Waals surface area (Å²) in [5.74, 6) is 0.887. The first-order valence-corrected chi connectivity index (χ1v) is 6.33. The number of carboxylic acids is 1. The highest BCUT2D eigenvalue weighted by atomic mass is 32.1. The maximum Gasteiger partial charge on any atom is 0.347 e. The monoisotopic (exact) mass is 266 g/mol. The van der Waals surface area contributed by atoms with E-state index in [1.807, 2.05) is 31.0 Å². The van der Waals surface area contributed by atoms with Crippen molar-refractivity contribution in [1.29, 1.82) is 0 Å². The van der Waals surface area contributed by atoms with Gasteiger partial charge >= 0.3 is 5.97 Å². The molecule has 0 unspecified atom stereocenters. The number of carboxylic acid groups (broad SMARTS) is 1. The topological polar surface area (TPSA) is 66.6 Å². The van der Waals surface area contributed by atoms with E-state index in [1.165, 1.54) is 17.5 Å². The molecule has 0 aromatic carbocycles. The van der Waals surface area contributed by atoms with Crippen LogP contribution < -0.4 is 4.90 Å². The number of aromatic nitrogens is 1. The average molecular weight is 266 g/mol. The summed E-state index contributed by atoms with van der Waals surface area (Å²) in [6.45, 7) is 2.65. The van der Waals surface area contributed by atoms with Crippen molar-refractivity contribution in [2.24, 2.45) is 0 Å². The second-order valence-electron chi connectivity index (χ2n) is 4.00. The van der Waals surface area contributed by atoms with Crippen LogP contribution in [0.2, 0.25) is 0 Å². The number of nitrogens with zero attached hydrogens (tertiary/aromatic N) is 2. The van der Waals surface area contributed by atoms with Crippen LogP contribution in [0.5, 0.6) is 0 Å². The van der Waals surface area contributed by atoms with Crippen LogP contribution in [-0.4, -0.2) is 29.7 Å². The Morgan fingerprint density at radius 2 is 2.33 bits per heavy atom. The van der Waals surface area contributed by atoms with Gasteiger partial charge in [-0.15, -0.1) is 0 Å². The Balaban J connectivity index is 1.94. The molecule has 6 heteroatoms. The maximum absolute atomic E-state index is 10.8. The average Bonchev–Trinajstić information content (AvgIpc) is 2.94. The standard InChI is InChI=1S/C12H14N2O3S/c1-8-3-4-9(17-8)5-6-14(2)12-13-7-10(18-12)11(15)16/h3-4,7H,5-6H2,1-2H3,(H,15,16). The third kappa shape index (κ3) is 2.89. The van der Waals surface area contributed by atoms with Crippen LogP contribution in [0.25, 0.3) is 0 Å². The zero-order valence-electron chi connectivity index (χ0n) is 10.2. The van der Waals surface area contributed by atoms with Crippen molar-refractivity contribution in [3.05, 3.63) is 34.7 Å². The highest BCUT2D eigenvalue weighted by Gasteiger charge is 2.12. The molecule has 0 amide bonds. The predicted molar refractivity (Wildman–Crippen MR) is 69.5 cm³/mol. The Bertz CT molecular complexity index is 547. The van der Waals surface area contributed by atoms with E-state index in [4.69, 9.17) is 9.52 Å². The molecule has 0 atom stereocenters. The van der Waals surface area contributed by atoms with Crippen LogP contribution in [0.3, 0.4) is 0 Å². The molecule has 0 saturated heterocycles. The summed E-state index contributed by atoms with van der Waals surface area (Å²) in [5, 5.41) is 9.53. The van der Waals surface area contributed by atoms with Crippen LogP contribution in [0.1, 0.15) is 21.2 Å². The van der Waals surface area contributed by atoms with E-state index >= 15 is 0 Å². The number of aryl methyl sites for hydroxylation is 1. The normalized spacial score (nSPS) is 10.6. The minimum Gasteiger partial charge on any atom is -0.477 e. The number of anilines is 1. The smallest absolute Gasteiger partial charge is 0.347 e. The first kappa shape index (κ1) is 12.6. The van der Waals surface area contributed by atoms with Crippen LogP contribution in [0.4, 0.5) is 5.13 Å². The molecule has 2 aromatic heterocycles. The highest BCUT2D eigenvalue weighted by molar-refractivity contribution is 7.17. The maximum atomic E-state index is 10.8. The van der Waals surface area contributed by atoms with Gasteiger partial charge in [0.2, 0.25) is 0 Å². The van der Waals surface area contributed by atoms with Gasteiger partial charge in [0, 0.05) is 20.0 Å². The first-order valence-electron chi connectivity index (χ1n) is 5.52. The fraction of sp³-hybridized carbons (Fsp3) is 0.333. The number of carbonyl (C=O) groups is 1. The van der Waals surface area contributed by atoms with Crippen LogP contribution in [0.15, 0.2) is 22.7 Å². The number of hydrogen-bond donors (Lipinski definition) is 1. The van der Waals surface area contributed by atoms with Crippen molar-refractivity contribution >= 4 is 22.4 Å². The lowest BCUT2D eigenvalue weighted by atomic mass is 10.3. The molecule has 0 fully saturated rings. The van der Waals surface area contributed by atoms with Crippen LogP contribution in [-0.2, 0) is 6.42 Å². The molecule has 0 aliphatic rings. The number of rotatable bonds is 5. The molecule has 0 saturated carbocycles. The summed E-state index contributed by atoms with van der Waals surface area (Å²) in [4.78, 5) is 17.0. The van der Waals surface area contributed by atoms with Gasteiger partial charge < -0.3 is 14.4 Å². The summed E-state index contributed by atoms with van der Waals surface area (Å²) < 4.78 is 5.48. The Labute approximate surface area is 109 Å². The molecule has 0 aliphatic heterocycles. The molecule has 2 rings (SSSR count). The number of furan rings is 1.